The Bertz CT molecular complexity index is 1290. The molecule has 0 unspecified atom stereocenters. The van der Waals surface area contributed by atoms with Crippen LogP contribution in [0.15, 0.2) is 71.8 Å². The molecule has 36 heavy (non-hydrogen) atoms. The largest absolute Gasteiger partial charge is 0.396 e. The highest BCUT2D eigenvalue weighted by Gasteiger charge is 2.55. The fourth-order valence-electron chi connectivity index (χ4n) is 6.36. The van der Waals surface area contributed by atoms with E-state index in [0.717, 1.165) is 36.9 Å². The van der Waals surface area contributed by atoms with Gasteiger partial charge in [-0.25, -0.2) is 0 Å². The van der Waals surface area contributed by atoms with Gasteiger partial charge in [0.25, 0.3) is 5.56 Å². The summed E-state index contributed by atoms with van der Waals surface area (Å²) in [6, 6.07) is 17.7. The molecule has 3 aromatic rings. The van der Waals surface area contributed by atoms with Crippen molar-refractivity contribution in [2.75, 3.05) is 13.2 Å². The van der Waals surface area contributed by atoms with Crippen LogP contribution in [-0.4, -0.2) is 50.7 Å². The quantitative estimate of drug-likeness (QED) is 0.539. The molecule has 2 N–H and O–H groups in total. The number of likely N-dealkylation sites (tertiary alicyclic amines) is 1. The Kier molecular flexibility index (Phi) is 6.19. The molecule has 6 rings (SSSR count). The molecule has 4 atom stereocenters. The number of aromatic nitrogens is 2. The standard InChI is InChI=1S/C29H32N4O3/c34-18-24-23-17-33-25(10-9-22(29(33)36)20-11-14-30-15-12-20)26(23)32(16-13-19-5-2-1-3-6-19)27(24)28(35)31-21-7-4-8-21/h1-3,5-6,9-12,14-15,21,23-24,26-27,34H,4,7-8,13,16-18H2,(H,31,35)/t23-,24-,26+,27-/m0/s1. The van der Waals surface area contributed by atoms with Gasteiger partial charge in [-0.3, -0.25) is 19.5 Å². The summed E-state index contributed by atoms with van der Waals surface area (Å²) in [6.45, 7) is 1.12. The number of aliphatic hydroxyl groups excluding tert-OH is 1. The number of rotatable bonds is 7. The Morgan fingerprint density at radius 2 is 1.83 bits per heavy atom. The van der Waals surface area contributed by atoms with E-state index in [-0.39, 0.29) is 42.0 Å². The molecule has 7 heteroatoms. The SMILES string of the molecule is O=C(NC1CCC1)[C@@H]1[C@@H](CO)[C@@H]2Cn3c(ccc(-c4ccncc4)c3=O)[C@@H]2N1CCc1ccccc1. The lowest BCUT2D eigenvalue weighted by Crippen LogP contribution is -2.52. The first kappa shape index (κ1) is 23.1. The third-order valence-electron chi connectivity index (χ3n) is 8.40. The highest BCUT2D eigenvalue weighted by molar-refractivity contribution is 5.83. The fourth-order valence-corrected chi connectivity index (χ4v) is 6.36. The van der Waals surface area contributed by atoms with Gasteiger partial charge in [-0.05, 0) is 61.1 Å². The third-order valence-corrected chi connectivity index (χ3v) is 8.40. The summed E-state index contributed by atoms with van der Waals surface area (Å²) in [5.41, 5.74) is 3.62. The number of aliphatic hydroxyl groups is 1. The van der Waals surface area contributed by atoms with E-state index in [0.29, 0.717) is 18.7 Å². The number of amides is 1. The zero-order valence-corrected chi connectivity index (χ0v) is 20.3. The van der Waals surface area contributed by atoms with Crippen LogP contribution >= 0.6 is 0 Å². The smallest absolute Gasteiger partial charge is 0.258 e. The second kappa shape index (κ2) is 9.64. The van der Waals surface area contributed by atoms with Gasteiger partial charge in [0.2, 0.25) is 5.91 Å². The summed E-state index contributed by atoms with van der Waals surface area (Å²) in [6.07, 6.45) is 7.39. The molecule has 1 saturated carbocycles. The molecule has 0 radical (unpaired) electrons. The molecule has 0 bridgehead atoms. The lowest BCUT2D eigenvalue weighted by Gasteiger charge is -2.34. The highest BCUT2D eigenvalue weighted by atomic mass is 16.3. The predicted molar refractivity (Wildman–Crippen MR) is 137 cm³/mol. The number of fused-ring (bicyclic) bond motifs is 3. The fraction of sp³-hybridized carbons (Fsp3) is 0.414. The summed E-state index contributed by atoms with van der Waals surface area (Å²) in [7, 11) is 0. The van der Waals surface area contributed by atoms with Gasteiger partial charge in [0.15, 0.2) is 0 Å². The summed E-state index contributed by atoms with van der Waals surface area (Å²) < 4.78 is 1.86. The van der Waals surface area contributed by atoms with Crippen LogP contribution in [0.4, 0.5) is 0 Å². The first-order valence-corrected chi connectivity index (χ1v) is 13.0. The number of carbonyl (C=O) groups excluding carboxylic acids is 1. The Hall–Kier alpha value is -3.29. The van der Waals surface area contributed by atoms with Crippen LogP contribution in [0, 0.1) is 11.8 Å². The normalized spacial score (nSPS) is 25.2. The van der Waals surface area contributed by atoms with Crippen LogP contribution in [0.25, 0.3) is 11.1 Å². The molecule has 186 valence electrons. The van der Waals surface area contributed by atoms with Crippen molar-refractivity contribution in [2.24, 2.45) is 11.8 Å². The minimum Gasteiger partial charge on any atom is -0.396 e. The van der Waals surface area contributed by atoms with Crippen LogP contribution in [0.3, 0.4) is 0 Å². The van der Waals surface area contributed by atoms with Crippen LogP contribution in [0.1, 0.15) is 36.6 Å². The predicted octanol–water partition coefficient (Wildman–Crippen LogP) is 2.79. The number of hydrogen-bond acceptors (Lipinski definition) is 5. The molecule has 2 fully saturated rings. The van der Waals surface area contributed by atoms with Gasteiger partial charge < -0.3 is 15.0 Å². The van der Waals surface area contributed by atoms with Gasteiger partial charge in [-0.1, -0.05) is 30.3 Å². The van der Waals surface area contributed by atoms with E-state index in [1.54, 1.807) is 12.4 Å². The van der Waals surface area contributed by atoms with E-state index in [2.05, 4.69) is 27.3 Å². The van der Waals surface area contributed by atoms with Crippen molar-refractivity contribution in [1.82, 2.24) is 19.8 Å². The maximum absolute atomic E-state index is 13.6. The number of benzene rings is 1. The Balaban J connectivity index is 1.36. The Labute approximate surface area is 210 Å². The van der Waals surface area contributed by atoms with Gasteiger partial charge in [0.05, 0.1) is 12.1 Å². The first-order chi connectivity index (χ1) is 17.7. The van der Waals surface area contributed by atoms with Crippen LogP contribution in [0.2, 0.25) is 0 Å². The Morgan fingerprint density at radius 1 is 1.06 bits per heavy atom. The maximum Gasteiger partial charge on any atom is 0.258 e. The van der Waals surface area contributed by atoms with Crippen molar-refractivity contribution < 1.29 is 9.90 Å². The molecule has 2 aromatic heterocycles. The molecule has 4 heterocycles. The monoisotopic (exact) mass is 484 g/mol. The van der Waals surface area contributed by atoms with Gasteiger partial charge in [-0.15, -0.1) is 0 Å². The van der Waals surface area contributed by atoms with Crippen molar-refractivity contribution in [1.29, 1.82) is 0 Å². The van der Waals surface area contributed by atoms with Gasteiger partial charge in [0.1, 0.15) is 0 Å². The lowest BCUT2D eigenvalue weighted by atomic mass is 9.87. The highest BCUT2D eigenvalue weighted by Crippen LogP contribution is 2.49. The number of hydrogen-bond donors (Lipinski definition) is 2. The zero-order chi connectivity index (χ0) is 24.6. The van der Waals surface area contributed by atoms with Crippen molar-refractivity contribution in [3.8, 4) is 11.1 Å². The summed E-state index contributed by atoms with van der Waals surface area (Å²) in [4.78, 5) is 33.4. The topological polar surface area (TPSA) is 87.5 Å². The Morgan fingerprint density at radius 3 is 2.53 bits per heavy atom. The van der Waals surface area contributed by atoms with Gasteiger partial charge in [0, 0.05) is 61.2 Å². The maximum atomic E-state index is 13.6. The summed E-state index contributed by atoms with van der Waals surface area (Å²) >= 11 is 0. The van der Waals surface area contributed by atoms with E-state index in [4.69, 9.17) is 0 Å². The minimum absolute atomic E-state index is 0.00306. The molecule has 1 amide bonds. The zero-order valence-electron chi connectivity index (χ0n) is 20.3. The van der Waals surface area contributed by atoms with Crippen LogP contribution in [-0.2, 0) is 17.8 Å². The van der Waals surface area contributed by atoms with E-state index in [1.165, 1.54) is 5.56 Å². The summed E-state index contributed by atoms with van der Waals surface area (Å²) in [5.74, 6) is -0.207. The number of pyridine rings is 2. The van der Waals surface area contributed by atoms with Crippen molar-refractivity contribution in [3.05, 3.63) is 88.6 Å². The van der Waals surface area contributed by atoms with E-state index in [1.807, 2.05) is 47.0 Å². The second-order valence-electron chi connectivity index (χ2n) is 10.3. The molecule has 3 aliphatic rings. The lowest BCUT2D eigenvalue weighted by molar-refractivity contribution is -0.129. The van der Waals surface area contributed by atoms with Crippen LogP contribution in [0.5, 0.6) is 0 Å². The van der Waals surface area contributed by atoms with Crippen LogP contribution < -0.4 is 10.9 Å². The molecule has 7 nitrogen and oxygen atoms in total. The molecule has 1 saturated heterocycles. The molecular formula is C29H32N4O3. The van der Waals surface area contributed by atoms with Crippen molar-refractivity contribution in [3.63, 3.8) is 0 Å². The average Bonchev–Trinajstić information content (AvgIpc) is 3.41. The molecule has 1 aliphatic carbocycles. The van der Waals surface area contributed by atoms with Crippen molar-refractivity contribution in [2.45, 2.75) is 50.4 Å². The van der Waals surface area contributed by atoms with E-state index < -0.39 is 6.04 Å². The van der Waals surface area contributed by atoms with Crippen molar-refractivity contribution >= 4 is 5.91 Å². The minimum atomic E-state index is -0.405. The molecular weight excluding hydrogens is 452 g/mol. The molecule has 1 aromatic carbocycles. The molecule has 0 spiro atoms. The van der Waals surface area contributed by atoms with Gasteiger partial charge >= 0.3 is 0 Å². The summed E-state index contributed by atoms with van der Waals surface area (Å²) in [5, 5.41) is 13.8. The number of carbonyl (C=O) groups is 1. The first-order valence-electron chi connectivity index (χ1n) is 13.0. The van der Waals surface area contributed by atoms with E-state index >= 15 is 0 Å². The third kappa shape index (κ3) is 3.96. The number of nitrogens with one attached hydrogen (secondary N) is 1. The number of nitrogens with zero attached hydrogens (tertiary/aromatic N) is 3. The second-order valence-corrected chi connectivity index (χ2v) is 10.3. The van der Waals surface area contributed by atoms with E-state index in [9.17, 15) is 14.7 Å². The van der Waals surface area contributed by atoms with Gasteiger partial charge in [-0.2, -0.15) is 0 Å². The average molecular weight is 485 g/mol. The molecule has 2 aliphatic heterocycles.